The van der Waals surface area contributed by atoms with Crippen LogP contribution in [0.4, 0.5) is 8.78 Å². The molecular weight excluding hydrogens is 358 g/mol. The largest absolute Gasteiger partial charge is 0.493 e. The number of nitrogens with zero attached hydrogens (tertiary/aromatic N) is 1. The van der Waals surface area contributed by atoms with Crippen LogP contribution in [0.3, 0.4) is 0 Å². The number of carbonyl (C=O) groups is 1. The average molecular weight is 376 g/mol. The standard InChI is InChI=1S/C15H18F2N2O5S/c1-9(18-19-14(20)11-5-6-25(21,22)8-11)10-3-4-12(24-15(16)17)13(7-10)23-2/h3-4,7,11,15H,5-6,8H2,1-2H3,(H,19,20)/b18-9-/t11-/m1/s1. The number of ether oxygens (including phenoxy) is 2. The fraction of sp³-hybridized carbons (Fsp3) is 0.467. The van der Waals surface area contributed by atoms with Crippen LogP contribution in [0, 0.1) is 5.92 Å². The molecule has 0 aromatic heterocycles. The smallest absolute Gasteiger partial charge is 0.387 e. The van der Waals surface area contributed by atoms with Gasteiger partial charge in [0, 0.05) is 5.56 Å². The quantitative estimate of drug-likeness (QED) is 0.601. The van der Waals surface area contributed by atoms with E-state index >= 15 is 0 Å². The van der Waals surface area contributed by atoms with Crippen LogP contribution in [0.1, 0.15) is 18.9 Å². The van der Waals surface area contributed by atoms with Crippen molar-refractivity contribution in [3.8, 4) is 11.5 Å². The molecule has 10 heteroatoms. The first kappa shape index (κ1) is 19.1. The first-order valence-electron chi connectivity index (χ1n) is 7.39. The summed E-state index contributed by atoms with van der Waals surface area (Å²) < 4.78 is 56.7. The van der Waals surface area contributed by atoms with Gasteiger partial charge in [0.15, 0.2) is 21.3 Å². The van der Waals surface area contributed by atoms with Crippen LogP contribution < -0.4 is 14.9 Å². The number of hydrogen-bond donors (Lipinski definition) is 1. The van der Waals surface area contributed by atoms with Gasteiger partial charge in [0.05, 0.1) is 30.2 Å². The number of benzene rings is 1. The minimum atomic E-state index is -3.16. The van der Waals surface area contributed by atoms with Crippen molar-refractivity contribution in [3.05, 3.63) is 23.8 Å². The molecule has 25 heavy (non-hydrogen) atoms. The summed E-state index contributed by atoms with van der Waals surface area (Å²) in [6, 6.07) is 4.25. The topological polar surface area (TPSA) is 94.1 Å². The molecule has 138 valence electrons. The minimum absolute atomic E-state index is 0.00339. The molecule has 1 aliphatic heterocycles. The highest BCUT2D eigenvalue weighted by Crippen LogP contribution is 2.29. The Hall–Kier alpha value is -2.23. The van der Waals surface area contributed by atoms with E-state index in [1.54, 1.807) is 6.92 Å². The predicted octanol–water partition coefficient (Wildman–Crippen LogP) is 1.57. The van der Waals surface area contributed by atoms with Gasteiger partial charge in [-0.05, 0) is 31.5 Å². The van der Waals surface area contributed by atoms with Gasteiger partial charge in [0.1, 0.15) is 0 Å². The van der Waals surface area contributed by atoms with E-state index in [0.29, 0.717) is 11.3 Å². The first-order valence-corrected chi connectivity index (χ1v) is 9.22. The Bertz CT molecular complexity index is 780. The van der Waals surface area contributed by atoms with E-state index in [1.807, 2.05) is 0 Å². The molecule has 1 aliphatic rings. The van der Waals surface area contributed by atoms with Gasteiger partial charge < -0.3 is 9.47 Å². The Morgan fingerprint density at radius 2 is 2.08 bits per heavy atom. The number of hydrogen-bond acceptors (Lipinski definition) is 6. The Morgan fingerprint density at radius 3 is 2.64 bits per heavy atom. The van der Waals surface area contributed by atoms with Crippen molar-refractivity contribution in [2.75, 3.05) is 18.6 Å². The molecule has 1 saturated heterocycles. The van der Waals surface area contributed by atoms with Crippen molar-refractivity contribution in [2.45, 2.75) is 20.0 Å². The molecule has 1 amide bonds. The lowest BCUT2D eigenvalue weighted by molar-refractivity contribution is -0.124. The van der Waals surface area contributed by atoms with Crippen molar-refractivity contribution in [1.29, 1.82) is 0 Å². The molecule has 0 saturated carbocycles. The number of hydrazone groups is 1. The predicted molar refractivity (Wildman–Crippen MR) is 86.7 cm³/mol. The van der Waals surface area contributed by atoms with Crippen LogP contribution >= 0.6 is 0 Å². The Kier molecular flexibility index (Phi) is 5.93. The van der Waals surface area contributed by atoms with Gasteiger partial charge in [-0.2, -0.15) is 13.9 Å². The molecule has 0 bridgehead atoms. The van der Waals surface area contributed by atoms with Crippen molar-refractivity contribution in [2.24, 2.45) is 11.0 Å². The van der Waals surface area contributed by atoms with Gasteiger partial charge in [0.2, 0.25) is 5.91 Å². The van der Waals surface area contributed by atoms with Gasteiger partial charge in [-0.15, -0.1) is 0 Å². The summed E-state index contributed by atoms with van der Waals surface area (Å²) in [6.07, 6.45) is 0.274. The maximum atomic E-state index is 12.3. The fourth-order valence-corrected chi connectivity index (χ4v) is 4.12. The molecule has 1 aromatic carbocycles. The zero-order chi connectivity index (χ0) is 18.6. The van der Waals surface area contributed by atoms with Crippen LogP contribution in [0.15, 0.2) is 23.3 Å². The number of rotatable bonds is 6. The molecule has 0 radical (unpaired) electrons. The fourth-order valence-electron chi connectivity index (χ4n) is 2.38. The highest BCUT2D eigenvalue weighted by Gasteiger charge is 2.32. The highest BCUT2D eigenvalue weighted by molar-refractivity contribution is 7.91. The van der Waals surface area contributed by atoms with Gasteiger partial charge in [0.25, 0.3) is 0 Å². The SMILES string of the molecule is COc1cc(/C(C)=N\NC(=O)[C@@H]2CCS(=O)(=O)C2)ccc1OC(F)F. The minimum Gasteiger partial charge on any atom is -0.493 e. The number of halogens is 2. The Balaban J connectivity index is 2.07. The van der Waals surface area contributed by atoms with Crippen molar-refractivity contribution in [3.63, 3.8) is 0 Å². The van der Waals surface area contributed by atoms with Crippen LogP contribution in [0.2, 0.25) is 0 Å². The first-order chi connectivity index (χ1) is 11.7. The summed E-state index contributed by atoms with van der Waals surface area (Å²) in [4.78, 5) is 12.0. The molecule has 0 unspecified atom stereocenters. The summed E-state index contributed by atoms with van der Waals surface area (Å²) in [5.74, 6) is -1.28. The van der Waals surface area contributed by atoms with Gasteiger partial charge in [-0.1, -0.05) is 0 Å². The van der Waals surface area contributed by atoms with E-state index in [2.05, 4.69) is 15.3 Å². The molecular formula is C15H18F2N2O5S. The van der Waals surface area contributed by atoms with Crippen LogP contribution in [-0.4, -0.2) is 45.3 Å². The molecule has 1 aromatic rings. The molecule has 0 aliphatic carbocycles. The van der Waals surface area contributed by atoms with Crippen LogP contribution in [0.25, 0.3) is 0 Å². The summed E-state index contributed by atoms with van der Waals surface area (Å²) in [7, 11) is -1.84. The number of sulfone groups is 1. The molecule has 1 fully saturated rings. The molecule has 0 spiro atoms. The van der Waals surface area contributed by atoms with Gasteiger partial charge in [-0.25, -0.2) is 13.8 Å². The summed E-state index contributed by atoms with van der Waals surface area (Å²) >= 11 is 0. The van der Waals surface area contributed by atoms with Crippen molar-refractivity contribution < 1.29 is 31.5 Å². The van der Waals surface area contributed by atoms with E-state index in [0.717, 1.165) is 0 Å². The third kappa shape index (κ3) is 5.12. The van der Waals surface area contributed by atoms with E-state index in [4.69, 9.17) is 4.74 Å². The lowest BCUT2D eigenvalue weighted by Gasteiger charge is -2.11. The number of methoxy groups -OCH3 is 1. The van der Waals surface area contributed by atoms with Crippen molar-refractivity contribution >= 4 is 21.5 Å². The molecule has 1 N–H and O–H groups in total. The molecule has 7 nitrogen and oxygen atoms in total. The monoisotopic (exact) mass is 376 g/mol. The molecule has 1 atom stereocenters. The Morgan fingerprint density at radius 1 is 1.36 bits per heavy atom. The third-order valence-electron chi connectivity index (χ3n) is 3.73. The zero-order valence-corrected chi connectivity index (χ0v) is 14.5. The molecule has 2 rings (SSSR count). The maximum Gasteiger partial charge on any atom is 0.387 e. The normalized spacial score (nSPS) is 19.7. The van der Waals surface area contributed by atoms with Gasteiger partial charge in [-0.3, -0.25) is 4.79 Å². The maximum absolute atomic E-state index is 12.3. The van der Waals surface area contributed by atoms with E-state index in [1.165, 1.54) is 25.3 Å². The van der Waals surface area contributed by atoms with Crippen LogP contribution in [0.5, 0.6) is 11.5 Å². The van der Waals surface area contributed by atoms with Gasteiger partial charge >= 0.3 is 6.61 Å². The zero-order valence-electron chi connectivity index (χ0n) is 13.7. The second-order valence-corrected chi connectivity index (χ2v) is 7.75. The number of alkyl halides is 2. The van der Waals surface area contributed by atoms with E-state index in [9.17, 15) is 22.0 Å². The Labute approximate surface area is 143 Å². The lowest BCUT2D eigenvalue weighted by atomic mass is 10.1. The molecule has 1 heterocycles. The number of nitrogens with one attached hydrogen (secondary N) is 1. The highest BCUT2D eigenvalue weighted by atomic mass is 32.2. The average Bonchev–Trinajstić information content (AvgIpc) is 2.92. The third-order valence-corrected chi connectivity index (χ3v) is 5.50. The second-order valence-electron chi connectivity index (χ2n) is 5.52. The van der Waals surface area contributed by atoms with E-state index in [-0.39, 0.29) is 29.4 Å². The summed E-state index contributed by atoms with van der Waals surface area (Å²) in [5, 5.41) is 3.93. The summed E-state index contributed by atoms with van der Waals surface area (Å²) in [5.41, 5.74) is 3.26. The van der Waals surface area contributed by atoms with Crippen molar-refractivity contribution in [1.82, 2.24) is 5.43 Å². The summed E-state index contributed by atoms with van der Waals surface area (Å²) in [6.45, 7) is -1.37. The lowest BCUT2D eigenvalue weighted by Crippen LogP contribution is -2.28. The number of carbonyl (C=O) groups excluding carboxylic acids is 1. The van der Waals surface area contributed by atoms with Crippen LogP contribution in [-0.2, 0) is 14.6 Å². The van der Waals surface area contributed by atoms with E-state index < -0.39 is 28.3 Å². The second kappa shape index (κ2) is 7.77. The number of amides is 1.